The molecule has 0 bridgehead atoms. The Bertz CT molecular complexity index is 384. The summed E-state index contributed by atoms with van der Waals surface area (Å²) in [4.78, 5) is 10.9. The fraction of sp³-hybridized carbons (Fsp3) is 0.200. The van der Waals surface area contributed by atoms with Crippen LogP contribution in [0.1, 0.15) is 12.0 Å². The van der Waals surface area contributed by atoms with E-state index >= 15 is 0 Å². The van der Waals surface area contributed by atoms with Crippen molar-refractivity contribution >= 4 is 23.7 Å². The monoisotopic (exact) mass is 209 g/mol. The average Bonchev–Trinajstić information content (AvgIpc) is 2.56. The number of hydrazine groups is 1. The van der Waals surface area contributed by atoms with Gasteiger partial charge in [-0.2, -0.15) is 0 Å². The van der Waals surface area contributed by atoms with Gasteiger partial charge >= 0.3 is 0 Å². The van der Waals surface area contributed by atoms with Crippen LogP contribution >= 0.6 is 11.6 Å². The molecule has 1 aliphatic heterocycles. The first-order chi connectivity index (χ1) is 6.74. The van der Waals surface area contributed by atoms with Crippen molar-refractivity contribution in [3.63, 3.8) is 0 Å². The molecule has 0 aromatic heterocycles. The van der Waals surface area contributed by atoms with Crippen LogP contribution in [0.4, 0.5) is 0 Å². The van der Waals surface area contributed by atoms with Crippen LogP contribution in [0.25, 0.3) is 0 Å². The molecule has 1 fully saturated rings. The molecule has 0 unspecified atom stereocenters. The van der Waals surface area contributed by atoms with Crippen LogP contribution in [0, 0.1) is 0 Å². The van der Waals surface area contributed by atoms with Crippen molar-refractivity contribution in [1.82, 2.24) is 5.43 Å². The van der Waals surface area contributed by atoms with Crippen molar-refractivity contribution in [2.24, 2.45) is 0 Å². The lowest BCUT2D eigenvalue weighted by Crippen LogP contribution is -2.25. The molecule has 1 N–H and O–H groups in total. The van der Waals surface area contributed by atoms with Gasteiger partial charge in [0.05, 0.1) is 6.42 Å². The molecule has 0 radical (unpaired) electrons. The van der Waals surface area contributed by atoms with Crippen LogP contribution in [0.5, 0.6) is 0 Å². The molecular formula is C10H10ClN2O+. The topological polar surface area (TPSA) is 32.1 Å². The van der Waals surface area contributed by atoms with Crippen molar-refractivity contribution in [3.05, 3.63) is 34.9 Å². The first-order valence-electron chi connectivity index (χ1n) is 4.40. The van der Waals surface area contributed by atoms with Gasteiger partial charge < -0.3 is 0 Å². The molecule has 1 aromatic rings. The van der Waals surface area contributed by atoms with Gasteiger partial charge in [0.1, 0.15) is 0 Å². The second-order valence-electron chi connectivity index (χ2n) is 3.16. The molecule has 0 aliphatic carbocycles. The fourth-order valence-corrected chi connectivity index (χ4v) is 1.45. The summed E-state index contributed by atoms with van der Waals surface area (Å²) in [6.07, 6.45) is 2.45. The molecule has 72 valence electrons. The SMILES string of the molecule is O=C1CC/[N+](=C/c2ccc(Cl)cc2)N1. The highest BCUT2D eigenvalue weighted by atomic mass is 35.5. The van der Waals surface area contributed by atoms with Crippen molar-refractivity contribution < 1.29 is 9.48 Å². The Kier molecular flexibility index (Phi) is 2.50. The van der Waals surface area contributed by atoms with E-state index in [4.69, 9.17) is 11.6 Å². The van der Waals surface area contributed by atoms with Crippen molar-refractivity contribution in [1.29, 1.82) is 0 Å². The third kappa shape index (κ3) is 2.12. The molecule has 1 heterocycles. The number of carbonyl (C=O) groups is 1. The molecule has 4 heteroatoms. The van der Waals surface area contributed by atoms with Crippen LogP contribution in [-0.4, -0.2) is 23.4 Å². The van der Waals surface area contributed by atoms with Crippen molar-refractivity contribution in [3.8, 4) is 0 Å². The summed E-state index contributed by atoms with van der Waals surface area (Å²) in [6.45, 7) is 0.724. The first-order valence-corrected chi connectivity index (χ1v) is 4.78. The minimum Gasteiger partial charge on any atom is -0.269 e. The quantitative estimate of drug-likeness (QED) is 0.693. The van der Waals surface area contributed by atoms with Crippen LogP contribution in [-0.2, 0) is 4.79 Å². The summed E-state index contributed by atoms with van der Waals surface area (Å²) in [5, 5.41) is 0.715. The zero-order chi connectivity index (χ0) is 9.97. The van der Waals surface area contributed by atoms with Crippen LogP contribution in [0.2, 0.25) is 5.02 Å². The number of amides is 1. The Morgan fingerprint density at radius 3 is 2.64 bits per heavy atom. The first kappa shape index (κ1) is 9.21. The predicted octanol–water partition coefficient (Wildman–Crippen LogP) is 1.21. The summed E-state index contributed by atoms with van der Waals surface area (Å²) in [5.41, 5.74) is 3.75. The van der Waals surface area contributed by atoms with Crippen LogP contribution < -0.4 is 5.43 Å². The lowest BCUT2D eigenvalue weighted by atomic mass is 10.2. The maximum Gasteiger partial charge on any atom is 0.280 e. The zero-order valence-corrected chi connectivity index (χ0v) is 8.29. The normalized spacial score (nSPS) is 18.6. The van der Waals surface area contributed by atoms with Gasteiger partial charge in [-0.15, -0.1) is 10.1 Å². The van der Waals surface area contributed by atoms with Gasteiger partial charge in [-0.05, 0) is 24.3 Å². The van der Waals surface area contributed by atoms with E-state index in [0.717, 1.165) is 12.1 Å². The van der Waals surface area contributed by atoms with Gasteiger partial charge in [-0.25, -0.2) is 0 Å². The maximum atomic E-state index is 10.9. The highest BCUT2D eigenvalue weighted by Crippen LogP contribution is 2.08. The summed E-state index contributed by atoms with van der Waals surface area (Å²) in [5.74, 6) is 0.0650. The number of halogens is 1. The van der Waals surface area contributed by atoms with Crippen molar-refractivity contribution in [2.75, 3.05) is 6.54 Å². The van der Waals surface area contributed by atoms with E-state index in [1.54, 1.807) is 4.68 Å². The standard InChI is InChI=1S/C10H9ClN2O/c11-9-3-1-8(2-4-9)7-13-6-5-10(14)12-13/h1-4,7H,5-6H2/p+1/b13-7-. The molecule has 0 saturated carbocycles. The maximum absolute atomic E-state index is 10.9. The molecule has 1 aliphatic rings. The van der Waals surface area contributed by atoms with Crippen LogP contribution in [0.3, 0.4) is 0 Å². The van der Waals surface area contributed by atoms with Gasteiger partial charge in [0.15, 0.2) is 6.54 Å². The molecular weight excluding hydrogens is 200 g/mol. The Balaban J connectivity index is 2.17. The number of carbonyl (C=O) groups excluding carboxylic acids is 1. The Hall–Kier alpha value is -1.35. The van der Waals surface area contributed by atoms with Gasteiger partial charge in [0.2, 0.25) is 6.21 Å². The average molecular weight is 210 g/mol. The number of hydrazone groups is 1. The lowest BCUT2D eigenvalue weighted by molar-refractivity contribution is -0.553. The zero-order valence-electron chi connectivity index (χ0n) is 7.53. The Morgan fingerprint density at radius 1 is 1.36 bits per heavy atom. The summed E-state index contributed by atoms with van der Waals surface area (Å²) < 4.78 is 1.78. The van der Waals surface area contributed by atoms with E-state index < -0.39 is 0 Å². The summed E-state index contributed by atoms with van der Waals surface area (Å²) in [6, 6.07) is 7.47. The van der Waals surface area contributed by atoms with E-state index in [1.807, 2.05) is 30.5 Å². The third-order valence-electron chi connectivity index (χ3n) is 2.02. The number of hydrogen-bond donors (Lipinski definition) is 1. The van der Waals surface area contributed by atoms with E-state index in [1.165, 1.54) is 0 Å². The number of nitrogens with zero attached hydrogens (tertiary/aromatic N) is 1. The van der Waals surface area contributed by atoms with E-state index in [0.29, 0.717) is 11.4 Å². The molecule has 0 atom stereocenters. The number of rotatable bonds is 1. The fourth-order valence-electron chi connectivity index (χ4n) is 1.32. The molecule has 2 rings (SSSR count). The van der Waals surface area contributed by atoms with Gasteiger partial charge in [0, 0.05) is 10.6 Å². The lowest BCUT2D eigenvalue weighted by Gasteiger charge is -1.92. The number of benzene rings is 1. The van der Waals surface area contributed by atoms with Gasteiger partial charge in [0.25, 0.3) is 5.91 Å². The van der Waals surface area contributed by atoms with Crippen LogP contribution in [0.15, 0.2) is 24.3 Å². The van der Waals surface area contributed by atoms with E-state index in [-0.39, 0.29) is 5.91 Å². The van der Waals surface area contributed by atoms with Crippen molar-refractivity contribution in [2.45, 2.75) is 6.42 Å². The van der Waals surface area contributed by atoms with Gasteiger partial charge in [-0.3, -0.25) is 4.79 Å². The highest BCUT2D eigenvalue weighted by Gasteiger charge is 2.20. The molecule has 3 nitrogen and oxygen atoms in total. The Labute approximate surface area is 87.0 Å². The molecule has 0 spiro atoms. The highest BCUT2D eigenvalue weighted by molar-refractivity contribution is 6.30. The molecule has 1 saturated heterocycles. The molecule has 1 amide bonds. The number of nitrogens with one attached hydrogen (secondary N) is 1. The second-order valence-corrected chi connectivity index (χ2v) is 3.60. The third-order valence-corrected chi connectivity index (χ3v) is 2.27. The molecule has 1 aromatic carbocycles. The predicted molar refractivity (Wildman–Crippen MR) is 54.5 cm³/mol. The van der Waals surface area contributed by atoms with E-state index in [9.17, 15) is 4.79 Å². The smallest absolute Gasteiger partial charge is 0.269 e. The molecule has 14 heavy (non-hydrogen) atoms. The second kappa shape index (κ2) is 3.80. The number of hydrogen-bond acceptors (Lipinski definition) is 1. The Morgan fingerprint density at radius 2 is 2.07 bits per heavy atom. The minimum atomic E-state index is 0.0650. The summed E-state index contributed by atoms with van der Waals surface area (Å²) in [7, 11) is 0. The minimum absolute atomic E-state index is 0.0650. The summed E-state index contributed by atoms with van der Waals surface area (Å²) >= 11 is 5.75. The van der Waals surface area contributed by atoms with E-state index in [2.05, 4.69) is 5.43 Å². The largest absolute Gasteiger partial charge is 0.280 e. The van der Waals surface area contributed by atoms with Gasteiger partial charge in [-0.1, -0.05) is 11.6 Å².